The Labute approximate surface area is 134 Å². The molecule has 0 spiro atoms. The van der Waals surface area contributed by atoms with E-state index in [1.807, 2.05) is 30.3 Å². The largest absolute Gasteiger partial charge is 0.403 e. The summed E-state index contributed by atoms with van der Waals surface area (Å²) in [5.74, 6) is 0.562. The summed E-state index contributed by atoms with van der Waals surface area (Å²) < 4.78 is 5.51. The molecule has 0 fully saturated rings. The van der Waals surface area contributed by atoms with Crippen molar-refractivity contribution in [3.05, 3.63) is 65.7 Å². The van der Waals surface area contributed by atoms with E-state index in [0.717, 1.165) is 5.56 Å². The van der Waals surface area contributed by atoms with Crippen molar-refractivity contribution in [3.63, 3.8) is 0 Å². The summed E-state index contributed by atoms with van der Waals surface area (Å²) in [5, 5.41) is 10.4. The topological polar surface area (TPSA) is 68.0 Å². The number of benzene rings is 2. The number of hydrogen-bond acceptors (Lipinski definition) is 4. The Kier molecular flexibility index (Phi) is 4.19. The van der Waals surface area contributed by atoms with Crippen molar-refractivity contribution in [2.75, 3.05) is 5.32 Å². The molecular formula is C18H17N3O2. The van der Waals surface area contributed by atoms with E-state index in [0.29, 0.717) is 17.4 Å². The minimum Gasteiger partial charge on any atom is -0.403 e. The van der Waals surface area contributed by atoms with Crippen LogP contribution in [0.15, 0.2) is 59.0 Å². The molecule has 0 aliphatic heterocycles. The zero-order valence-electron chi connectivity index (χ0n) is 13.0. The molecule has 0 aliphatic rings. The lowest BCUT2D eigenvalue weighted by Crippen LogP contribution is -2.11. The van der Waals surface area contributed by atoms with Crippen LogP contribution in [0.1, 0.15) is 35.7 Å². The van der Waals surface area contributed by atoms with Gasteiger partial charge < -0.3 is 4.42 Å². The van der Waals surface area contributed by atoms with Gasteiger partial charge >= 0.3 is 6.01 Å². The highest BCUT2D eigenvalue weighted by Gasteiger charge is 2.12. The lowest BCUT2D eigenvalue weighted by molar-refractivity contribution is 0.102. The molecule has 23 heavy (non-hydrogen) atoms. The molecule has 1 heterocycles. The predicted octanol–water partition coefficient (Wildman–Crippen LogP) is 4.11. The SMILES string of the molecule is CC(C)c1ccc(-c2nnc(NC(=O)c3ccccc3)o2)cc1. The summed E-state index contributed by atoms with van der Waals surface area (Å²) in [6.07, 6.45) is 0. The lowest BCUT2D eigenvalue weighted by atomic mass is 10.0. The number of rotatable bonds is 4. The number of amides is 1. The third-order valence-electron chi connectivity index (χ3n) is 3.51. The van der Waals surface area contributed by atoms with Crippen LogP contribution in [0.4, 0.5) is 6.01 Å². The molecule has 5 heteroatoms. The molecule has 0 unspecified atom stereocenters. The fraction of sp³-hybridized carbons (Fsp3) is 0.167. The van der Waals surface area contributed by atoms with Crippen molar-refractivity contribution in [3.8, 4) is 11.5 Å². The van der Waals surface area contributed by atoms with E-state index >= 15 is 0 Å². The van der Waals surface area contributed by atoms with Crippen LogP contribution < -0.4 is 5.32 Å². The Balaban J connectivity index is 1.74. The molecule has 0 saturated heterocycles. The minimum absolute atomic E-state index is 0.0850. The number of hydrogen-bond donors (Lipinski definition) is 1. The second-order valence-electron chi connectivity index (χ2n) is 5.51. The van der Waals surface area contributed by atoms with E-state index < -0.39 is 0 Å². The normalized spacial score (nSPS) is 10.7. The predicted molar refractivity (Wildman–Crippen MR) is 88.2 cm³/mol. The third-order valence-corrected chi connectivity index (χ3v) is 3.51. The molecular weight excluding hydrogens is 290 g/mol. The van der Waals surface area contributed by atoms with E-state index in [1.165, 1.54) is 5.56 Å². The summed E-state index contributed by atoms with van der Waals surface area (Å²) in [7, 11) is 0. The summed E-state index contributed by atoms with van der Waals surface area (Å²) in [6, 6.07) is 16.9. The van der Waals surface area contributed by atoms with Crippen LogP contribution in [0.2, 0.25) is 0 Å². The third kappa shape index (κ3) is 3.45. The zero-order chi connectivity index (χ0) is 16.2. The molecule has 0 bridgehead atoms. The minimum atomic E-state index is -0.282. The Hall–Kier alpha value is -2.95. The molecule has 5 nitrogen and oxygen atoms in total. The van der Waals surface area contributed by atoms with Crippen molar-refractivity contribution in [2.45, 2.75) is 19.8 Å². The van der Waals surface area contributed by atoms with Crippen LogP contribution in [-0.4, -0.2) is 16.1 Å². The van der Waals surface area contributed by atoms with Gasteiger partial charge in [-0.3, -0.25) is 10.1 Å². The maximum absolute atomic E-state index is 12.0. The number of carbonyl (C=O) groups excluding carboxylic acids is 1. The van der Waals surface area contributed by atoms with Crippen LogP contribution >= 0.6 is 0 Å². The van der Waals surface area contributed by atoms with Gasteiger partial charge in [0.2, 0.25) is 5.89 Å². The van der Waals surface area contributed by atoms with Gasteiger partial charge in [0.1, 0.15) is 0 Å². The van der Waals surface area contributed by atoms with Crippen LogP contribution in [0.3, 0.4) is 0 Å². The number of nitrogens with one attached hydrogen (secondary N) is 1. The van der Waals surface area contributed by atoms with Gasteiger partial charge in [0, 0.05) is 11.1 Å². The van der Waals surface area contributed by atoms with Crippen LogP contribution in [-0.2, 0) is 0 Å². The zero-order valence-corrected chi connectivity index (χ0v) is 13.0. The van der Waals surface area contributed by atoms with E-state index in [9.17, 15) is 4.79 Å². The Bertz CT molecular complexity index is 793. The smallest absolute Gasteiger partial charge is 0.322 e. The maximum Gasteiger partial charge on any atom is 0.322 e. The highest BCUT2D eigenvalue weighted by atomic mass is 16.4. The van der Waals surface area contributed by atoms with Crippen LogP contribution in [0.25, 0.3) is 11.5 Å². The van der Waals surface area contributed by atoms with Gasteiger partial charge in [-0.1, -0.05) is 49.3 Å². The average Bonchev–Trinajstić information content (AvgIpc) is 3.04. The van der Waals surface area contributed by atoms with Crippen molar-refractivity contribution in [1.82, 2.24) is 10.2 Å². The van der Waals surface area contributed by atoms with Crippen molar-refractivity contribution >= 4 is 11.9 Å². The molecule has 1 aromatic heterocycles. The molecule has 0 radical (unpaired) electrons. The van der Waals surface area contributed by atoms with Crippen molar-refractivity contribution in [1.29, 1.82) is 0 Å². The van der Waals surface area contributed by atoms with Crippen LogP contribution in [0, 0.1) is 0 Å². The summed E-state index contributed by atoms with van der Waals surface area (Å²) >= 11 is 0. The Morgan fingerprint density at radius 1 is 1.00 bits per heavy atom. The van der Waals surface area contributed by atoms with E-state index in [4.69, 9.17) is 4.42 Å². The number of aromatic nitrogens is 2. The first-order chi connectivity index (χ1) is 11.1. The summed E-state index contributed by atoms with van der Waals surface area (Å²) in [6.45, 7) is 4.28. The first-order valence-corrected chi connectivity index (χ1v) is 7.44. The van der Waals surface area contributed by atoms with Gasteiger partial charge in [-0.2, -0.15) is 0 Å². The second kappa shape index (κ2) is 6.44. The highest BCUT2D eigenvalue weighted by Crippen LogP contribution is 2.23. The number of anilines is 1. The van der Waals surface area contributed by atoms with Gasteiger partial charge in [-0.05, 0) is 35.7 Å². The first-order valence-electron chi connectivity index (χ1n) is 7.44. The fourth-order valence-corrected chi connectivity index (χ4v) is 2.16. The lowest BCUT2D eigenvalue weighted by Gasteiger charge is -2.04. The van der Waals surface area contributed by atoms with E-state index in [-0.39, 0.29) is 11.9 Å². The van der Waals surface area contributed by atoms with E-state index in [2.05, 4.69) is 29.4 Å². The molecule has 1 N–H and O–H groups in total. The van der Waals surface area contributed by atoms with Gasteiger partial charge in [0.15, 0.2) is 0 Å². The van der Waals surface area contributed by atoms with Crippen LogP contribution in [0.5, 0.6) is 0 Å². The summed E-state index contributed by atoms with van der Waals surface area (Å²) in [5.41, 5.74) is 2.60. The Morgan fingerprint density at radius 2 is 1.70 bits per heavy atom. The van der Waals surface area contributed by atoms with Crippen molar-refractivity contribution < 1.29 is 9.21 Å². The standard InChI is InChI=1S/C18H17N3O2/c1-12(2)13-8-10-15(11-9-13)17-20-21-18(23-17)19-16(22)14-6-4-3-5-7-14/h3-12H,1-2H3,(H,19,21,22). The molecule has 3 aromatic rings. The van der Waals surface area contributed by atoms with E-state index in [1.54, 1.807) is 24.3 Å². The molecule has 1 amide bonds. The van der Waals surface area contributed by atoms with Gasteiger partial charge in [0.05, 0.1) is 0 Å². The molecule has 0 atom stereocenters. The molecule has 0 saturated carbocycles. The first kappa shape index (κ1) is 15.0. The fourth-order valence-electron chi connectivity index (χ4n) is 2.16. The average molecular weight is 307 g/mol. The number of nitrogens with zero attached hydrogens (tertiary/aromatic N) is 2. The second-order valence-corrected chi connectivity index (χ2v) is 5.51. The summed E-state index contributed by atoms with van der Waals surface area (Å²) in [4.78, 5) is 12.0. The number of carbonyl (C=O) groups is 1. The van der Waals surface area contributed by atoms with Gasteiger partial charge in [-0.15, -0.1) is 5.10 Å². The monoisotopic (exact) mass is 307 g/mol. The van der Waals surface area contributed by atoms with Crippen molar-refractivity contribution in [2.24, 2.45) is 0 Å². The molecule has 0 aliphatic carbocycles. The van der Waals surface area contributed by atoms with Gasteiger partial charge in [-0.25, -0.2) is 0 Å². The highest BCUT2D eigenvalue weighted by molar-refractivity contribution is 6.03. The Morgan fingerprint density at radius 3 is 2.35 bits per heavy atom. The molecule has 116 valence electrons. The quantitative estimate of drug-likeness (QED) is 0.787. The van der Waals surface area contributed by atoms with Gasteiger partial charge in [0.25, 0.3) is 5.91 Å². The molecule has 3 rings (SSSR count). The molecule has 2 aromatic carbocycles. The maximum atomic E-state index is 12.0.